The number of hydrogen-bond donors (Lipinski definition) is 1. The van der Waals surface area contributed by atoms with Gasteiger partial charge in [0.15, 0.2) is 0 Å². The SMILES string of the molecule is CC(C)C[C@H](CN)CC(=O)OCCc1cncn1C. The van der Waals surface area contributed by atoms with E-state index >= 15 is 0 Å². The molecule has 0 bridgehead atoms. The quantitative estimate of drug-likeness (QED) is 0.725. The molecule has 1 aromatic rings. The Morgan fingerprint density at radius 1 is 1.53 bits per heavy atom. The first kappa shape index (κ1) is 15.7. The van der Waals surface area contributed by atoms with E-state index in [4.69, 9.17) is 10.5 Å². The average molecular weight is 267 g/mol. The van der Waals surface area contributed by atoms with Crippen LogP contribution in [-0.2, 0) is 23.0 Å². The van der Waals surface area contributed by atoms with Gasteiger partial charge in [-0.05, 0) is 24.8 Å². The lowest BCUT2D eigenvalue weighted by atomic mass is 9.94. The Morgan fingerprint density at radius 2 is 2.26 bits per heavy atom. The van der Waals surface area contributed by atoms with Crippen LogP contribution in [0.4, 0.5) is 0 Å². The first-order chi connectivity index (χ1) is 9.02. The number of hydrogen-bond acceptors (Lipinski definition) is 4. The number of rotatable bonds is 8. The van der Waals surface area contributed by atoms with Gasteiger partial charge in [-0.1, -0.05) is 13.8 Å². The fraction of sp³-hybridized carbons (Fsp3) is 0.714. The summed E-state index contributed by atoms with van der Waals surface area (Å²) in [7, 11) is 1.93. The second kappa shape index (κ2) is 7.94. The Morgan fingerprint density at radius 3 is 2.79 bits per heavy atom. The zero-order valence-electron chi connectivity index (χ0n) is 12.1. The van der Waals surface area contributed by atoms with Gasteiger partial charge >= 0.3 is 5.97 Å². The van der Waals surface area contributed by atoms with Crippen LogP contribution in [0.5, 0.6) is 0 Å². The summed E-state index contributed by atoms with van der Waals surface area (Å²) < 4.78 is 7.17. The topological polar surface area (TPSA) is 70.1 Å². The Balaban J connectivity index is 2.25. The van der Waals surface area contributed by atoms with Crippen molar-refractivity contribution in [3.05, 3.63) is 18.2 Å². The molecule has 0 saturated heterocycles. The van der Waals surface area contributed by atoms with Gasteiger partial charge in [0.05, 0.1) is 12.9 Å². The maximum Gasteiger partial charge on any atom is 0.306 e. The summed E-state index contributed by atoms with van der Waals surface area (Å²) in [5.41, 5.74) is 6.74. The smallest absolute Gasteiger partial charge is 0.306 e. The van der Waals surface area contributed by atoms with E-state index in [1.54, 1.807) is 12.5 Å². The minimum absolute atomic E-state index is 0.154. The molecule has 0 spiro atoms. The predicted molar refractivity (Wildman–Crippen MR) is 74.5 cm³/mol. The van der Waals surface area contributed by atoms with E-state index in [0.717, 1.165) is 12.1 Å². The minimum Gasteiger partial charge on any atom is -0.465 e. The second-order valence-corrected chi connectivity index (χ2v) is 5.40. The van der Waals surface area contributed by atoms with Crippen LogP contribution in [0.3, 0.4) is 0 Å². The summed E-state index contributed by atoms with van der Waals surface area (Å²) in [5, 5.41) is 0. The van der Waals surface area contributed by atoms with E-state index in [-0.39, 0.29) is 11.9 Å². The number of aryl methyl sites for hydroxylation is 1. The van der Waals surface area contributed by atoms with E-state index in [2.05, 4.69) is 18.8 Å². The molecule has 0 radical (unpaired) electrons. The van der Waals surface area contributed by atoms with Crippen molar-refractivity contribution in [3.63, 3.8) is 0 Å². The van der Waals surface area contributed by atoms with Crippen molar-refractivity contribution in [1.29, 1.82) is 0 Å². The van der Waals surface area contributed by atoms with Crippen molar-refractivity contribution in [2.45, 2.75) is 33.1 Å². The number of nitrogens with zero attached hydrogens (tertiary/aromatic N) is 2. The first-order valence-corrected chi connectivity index (χ1v) is 6.83. The molecule has 1 atom stereocenters. The van der Waals surface area contributed by atoms with Crippen molar-refractivity contribution in [1.82, 2.24) is 9.55 Å². The predicted octanol–water partition coefficient (Wildman–Crippen LogP) is 1.52. The molecule has 0 aromatic carbocycles. The number of carbonyl (C=O) groups is 1. The molecule has 0 aliphatic rings. The van der Waals surface area contributed by atoms with Crippen LogP contribution in [0.1, 0.15) is 32.4 Å². The van der Waals surface area contributed by atoms with Gasteiger partial charge in [-0.2, -0.15) is 0 Å². The lowest BCUT2D eigenvalue weighted by molar-refractivity contribution is -0.144. The molecule has 0 fully saturated rings. The largest absolute Gasteiger partial charge is 0.465 e. The van der Waals surface area contributed by atoms with Crippen LogP contribution in [0.15, 0.2) is 12.5 Å². The molecule has 1 rings (SSSR count). The second-order valence-electron chi connectivity index (χ2n) is 5.40. The Labute approximate surface area is 115 Å². The number of nitrogens with two attached hydrogens (primary N) is 1. The lowest BCUT2D eigenvalue weighted by Gasteiger charge is -2.16. The number of carbonyl (C=O) groups excluding carboxylic acids is 1. The maximum atomic E-state index is 11.7. The molecule has 19 heavy (non-hydrogen) atoms. The van der Waals surface area contributed by atoms with E-state index in [1.807, 2.05) is 11.6 Å². The van der Waals surface area contributed by atoms with E-state index < -0.39 is 0 Å². The van der Waals surface area contributed by atoms with Crippen molar-refractivity contribution in [2.24, 2.45) is 24.6 Å². The molecule has 2 N–H and O–H groups in total. The monoisotopic (exact) mass is 267 g/mol. The fourth-order valence-electron chi connectivity index (χ4n) is 2.12. The van der Waals surface area contributed by atoms with Crippen LogP contribution < -0.4 is 5.73 Å². The number of ether oxygens (including phenoxy) is 1. The zero-order valence-corrected chi connectivity index (χ0v) is 12.1. The summed E-state index contributed by atoms with van der Waals surface area (Å²) >= 11 is 0. The van der Waals surface area contributed by atoms with Crippen LogP contribution in [-0.4, -0.2) is 28.7 Å². The molecule has 5 nitrogen and oxygen atoms in total. The van der Waals surface area contributed by atoms with E-state index in [0.29, 0.717) is 31.9 Å². The molecule has 0 saturated carbocycles. The van der Waals surface area contributed by atoms with Crippen molar-refractivity contribution in [2.75, 3.05) is 13.2 Å². The highest BCUT2D eigenvalue weighted by Gasteiger charge is 2.15. The first-order valence-electron chi connectivity index (χ1n) is 6.83. The van der Waals surface area contributed by atoms with Gasteiger partial charge in [0, 0.05) is 31.8 Å². The van der Waals surface area contributed by atoms with Gasteiger partial charge in [-0.3, -0.25) is 4.79 Å². The zero-order chi connectivity index (χ0) is 14.3. The summed E-state index contributed by atoms with van der Waals surface area (Å²) in [5.74, 6) is 0.623. The molecule has 0 aliphatic carbocycles. The molecule has 0 amide bonds. The standard InChI is InChI=1S/C14H25N3O2/c1-11(2)6-12(8-15)7-14(18)19-5-4-13-9-16-10-17(13)3/h9-12H,4-8,15H2,1-3H3/t12-/m0/s1. The summed E-state index contributed by atoms with van der Waals surface area (Å²) in [6, 6.07) is 0. The van der Waals surface area contributed by atoms with Gasteiger partial charge in [-0.25, -0.2) is 4.98 Å². The summed E-state index contributed by atoms with van der Waals surface area (Å²) in [4.78, 5) is 15.7. The van der Waals surface area contributed by atoms with Gasteiger partial charge in [-0.15, -0.1) is 0 Å². The van der Waals surface area contributed by atoms with Crippen LogP contribution in [0.2, 0.25) is 0 Å². The van der Waals surface area contributed by atoms with Gasteiger partial charge in [0.25, 0.3) is 0 Å². The molecule has 0 aliphatic heterocycles. The maximum absolute atomic E-state index is 11.7. The molecule has 0 unspecified atom stereocenters. The third-order valence-corrected chi connectivity index (χ3v) is 3.13. The Kier molecular flexibility index (Phi) is 6.56. The van der Waals surface area contributed by atoms with Crippen LogP contribution in [0.25, 0.3) is 0 Å². The third kappa shape index (κ3) is 5.87. The van der Waals surface area contributed by atoms with Crippen LogP contribution >= 0.6 is 0 Å². The number of esters is 1. The van der Waals surface area contributed by atoms with Gasteiger partial charge in [0.1, 0.15) is 0 Å². The van der Waals surface area contributed by atoms with E-state index in [1.165, 1.54) is 0 Å². The summed E-state index contributed by atoms with van der Waals surface area (Å²) in [6.45, 7) is 5.21. The number of aromatic nitrogens is 2. The Bertz CT molecular complexity index is 388. The molecule has 1 heterocycles. The molecular formula is C14H25N3O2. The molecule has 108 valence electrons. The van der Waals surface area contributed by atoms with Gasteiger partial charge < -0.3 is 15.0 Å². The Hall–Kier alpha value is -1.36. The average Bonchev–Trinajstić information content (AvgIpc) is 2.73. The third-order valence-electron chi connectivity index (χ3n) is 3.13. The van der Waals surface area contributed by atoms with E-state index in [9.17, 15) is 4.79 Å². The normalized spacial score (nSPS) is 12.7. The van der Waals surface area contributed by atoms with Crippen molar-refractivity contribution in [3.8, 4) is 0 Å². The van der Waals surface area contributed by atoms with Crippen molar-refractivity contribution >= 4 is 5.97 Å². The molecule has 5 heteroatoms. The van der Waals surface area contributed by atoms with Crippen molar-refractivity contribution < 1.29 is 9.53 Å². The minimum atomic E-state index is -0.154. The fourth-order valence-corrected chi connectivity index (χ4v) is 2.12. The lowest BCUT2D eigenvalue weighted by Crippen LogP contribution is -2.21. The molecule has 1 aromatic heterocycles. The van der Waals surface area contributed by atoms with Crippen LogP contribution in [0, 0.1) is 11.8 Å². The van der Waals surface area contributed by atoms with Gasteiger partial charge in [0.2, 0.25) is 0 Å². The highest BCUT2D eigenvalue weighted by atomic mass is 16.5. The summed E-state index contributed by atoms with van der Waals surface area (Å²) in [6.07, 6.45) is 5.60. The highest BCUT2D eigenvalue weighted by molar-refractivity contribution is 5.69. The highest BCUT2D eigenvalue weighted by Crippen LogP contribution is 2.14. The number of imidazole rings is 1. The molecular weight excluding hydrogens is 242 g/mol.